The normalized spacial score (nSPS) is 19.4. The molecule has 3 aromatic rings. The lowest BCUT2D eigenvalue weighted by Crippen LogP contribution is -2.60. The Morgan fingerprint density at radius 2 is 1.91 bits per heavy atom. The predicted molar refractivity (Wildman–Crippen MR) is 135 cm³/mol. The number of nitro benzene ring substituents is 1. The van der Waals surface area contributed by atoms with Crippen LogP contribution in [0.4, 0.5) is 17.1 Å². The highest BCUT2D eigenvalue weighted by Crippen LogP contribution is 2.38. The molecule has 180 valence electrons. The Balaban J connectivity index is 1.43. The molecule has 5 rings (SSSR count). The van der Waals surface area contributed by atoms with Crippen molar-refractivity contribution in [3.05, 3.63) is 94.0 Å². The molecule has 0 aromatic heterocycles. The van der Waals surface area contributed by atoms with E-state index in [2.05, 4.69) is 27.2 Å². The number of methoxy groups -OCH3 is 1. The Morgan fingerprint density at radius 1 is 1.09 bits per heavy atom. The Morgan fingerprint density at radius 3 is 2.69 bits per heavy atom. The Bertz CT molecular complexity index is 1230. The van der Waals surface area contributed by atoms with E-state index in [1.165, 1.54) is 5.56 Å². The number of nitrogens with one attached hydrogen (secondary N) is 1. The SMILES string of the molecule is COc1cccc(NC(=O)[C@@H]2Cc3cc([N+](=O)[O-])ccc3N3CCN(Cc4ccccc4)C[C@@H]23)c1. The van der Waals surface area contributed by atoms with Crippen LogP contribution in [0, 0.1) is 16.0 Å². The number of nitrogens with zero attached hydrogens (tertiary/aromatic N) is 3. The van der Waals surface area contributed by atoms with Crippen molar-refractivity contribution in [3.8, 4) is 5.75 Å². The van der Waals surface area contributed by atoms with Crippen molar-refractivity contribution in [2.24, 2.45) is 5.92 Å². The number of piperazine rings is 1. The molecular formula is C27H28N4O4. The molecule has 2 aliphatic rings. The molecular weight excluding hydrogens is 444 g/mol. The van der Waals surface area contributed by atoms with Crippen LogP contribution in [0.25, 0.3) is 0 Å². The number of hydrogen-bond acceptors (Lipinski definition) is 6. The summed E-state index contributed by atoms with van der Waals surface area (Å²) in [6.07, 6.45) is 0.452. The van der Waals surface area contributed by atoms with Gasteiger partial charge in [-0.25, -0.2) is 0 Å². The van der Waals surface area contributed by atoms with Crippen LogP contribution in [0.2, 0.25) is 0 Å². The number of carbonyl (C=O) groups excluding carboxylic acids is 1. The smallest absolute Gasteiger partial charge is 0.269 e. The maximum atomic E-state index is 13.6. The number of benzene rings is 3. The number of carbonyl (C=O) groups is 1. The quantitative estimate of drug-likeness (QED) is 0.429. The van der Waals surface area contributed by atoms with Crippen LogP contribution < -0.4 is 15.0 Å². The number of amides is 1. The van der Waals surface area contributed by atoms with Gasteiger partial charge in [-0.15, -0.1) is 0 Å². The van der Waals surface area contributed by atoms with Crippen LogP contribution in [-0.4, -0.2) is 48.5 Å². The summed E-state index contributed by atoms with van der Waals surface area (Å²) in [5, 5.41) is 14.5. The molecule has 8 nitrogen and oxygen atoms in total. The standard InChI is InChI=1S/C27H28N4O4/c1-35-23-9-5-8-21(16-23)28-27(32)24-15-20-14-22(31(33)34)10-11-25(20)30-13-12-29(18-26(24)30)17-19-6-3-2-4-7-19/h2-11,14,16,24,26H,12-13,15,17-18H2,1H3,(H,28,32)/t24-,26+/m1/s1. The fourth-order valence-corrected chi connectivity index (χ4v) is 5.20. The molecule has 8 heteroatoms. The molecule has 2 aliphatic heterocycles. The molecule has 2 atom stereocenters. The molecule has 1 saturated heterocycles. The minimum atomic E-state index is -0.379. The largest absolute Gasteiger partial charge is 0.497 e. The van der Waals surface area contributed by atoms with E-state index in [0.717, 1.165) is 37.4 Å². The topological polar surface area (TPSA) is 87.9 Å². The third kappa shape index (κ3) is 4.83. The van der Waals surface area contributed by atoms with E-state index in [1.807, 2.05) is 42.5 Å². The highest BCUT2D eigenvalue weighted by atomic mass is 16.6. The summed E-state index contributed by atoms with van der Waals surface area (Å²) >= 11 is 0. The lowest BCUT2D eigenvalue weighted by atomic mass is 9.83. The lowest BCUT2D eigenvalue weighted by molar-refractivity contribution is -0.384. The first-order valence-electron chi connectivity index (χ1n) is 11.8. The van der Waals surface area contributed by atoms with Crippen molar-refractivity contribution in [2.75, 3.05) is 37.0 Å². The highest BCUT2D eigenvalue weighted by molar-refractivity contribution is 5.94. The Labute approximate surface area is 204 Å². The van der Waals surface area contributed by atoms with Gasteiger partial charge in [0.15, 0.2) is 0 Å². The summed E-state index contributed by atoms with van der Waals surface area (Å²) in [7, 11) is 1.59. The van der Waals surface area contributed by atoms with Crippen LogP contribution in [-0.2, 0) is 17.8 Å². The van der Waals surface area contributed by atoms with Gasteiger partial charge in [0.25, 0.3) is 5.69 Å². The first-order valence-corrected chi connectivity index (χ1v) is 11.8. The average Bonchev–Trinajstić information content (AvgIpc) is 2.88. The summed E-state index contributed by atoms with van der Waals surface area (Å²) in [5.74, 6) is 0.224. The second-order valence-electron chi connectivity index (χ2n) is 9.08. The first kappa shape index (κ1) is 22.9. The van der Waals surface area contributed by atoms with E-state index in [4.69, 9.17) is 4.74 Å². The average molecular weight is 473 g/mol. The number of nitro groups is 1. The number of rotatable bonds is 6. The summed E-state index contributed by atoms with van der Waals surface area (Å²) in [6, 6.07) is 22.6. The van der Waals surface area contributed by atoms with Gasteiger partial charge in [-0.3, -0.25) is 19.8 Å². The van der Waals surface area contributed by atoms with Gasteiger partial charge in [-0.1, -0.05) is 36.4 Å². The fraction of sp³-hybridized carbons (Fsp3) is 0.296. The second kappa shape index (κ2) is 9.76. The second-order valence-corrected chi connectivity index (χ2v) is 9.08. The monoisotopic (exact) mass is 472 g/mol. The van der Waals surface area contributed by atoms with Crippen LogP contribution in [0.1, 0.15) is 11.1 Å². The van der Waals surface area contributed by atoms with Crippen LogP contribution in [0.5, 0.6) is 5.75 Å². The van der Waals surface area contributed by atoms with Crippen molar-refractivity contribution in [3.63, 3.8) is 0 Å². The van der Waals surface area contributed by atoms with Crippen molar-refractivity contribution >= 4 is 23.0 Å². The van der Waals surface area contributed by atoms with Gasteiger partial charge in [0.2, 0.25) is 5.91 Å². The van der Waals surface area contributed by atoms with Gasteiger partial charge in [0, 0.05) is 55.8 Å². The number of ether oxygens (including phenoxy) is 1. The molecule has 0 aliphatic carbocycles. The molecule has 0 unspecified atom stereocenters. The summed E-state index contributed by atoms with van der Waals surface area (Å²) < 4.78 is 5.29. The van der Waals surface area contributed by atoms with Gasteiger partial charge in [0.1, 0.15) is 5.75 Å². The van der Waals surface area contributed by atoms with Gasteiger partial charge in [-0.2, -0.15) is 0 Å². The number of hydrogen-bond donors (Lipinski definition) is 1. The molecule has 3 aromatic carbocycles. The van der Waals surface area contributed by atoms with E-state index in [-0.39, 0.29) is 28.5 Å². The lowest BCUT2D eigenvalue weighted by Gasteiger charge is -2.49. The molecule has 1 N–H and O–H groups in total. The van der Waals surface area contributed by atoms with Crippen LogP contribution in [0.15, 0.2) is 72.8 Å². The van der Waals surface area contributed by atoms with Crippen molar-refractivity contribution in [1.29, 1.82) is 0 Å². The minimum absolute atomic E-state index is 0.0352. The molecule has 2 heterocycles. The Hall–Kier alpha value is -3.91. The van der Waals surface area contributed by atoms with Crippen molar-refractivity contribution in [1.82, 2.24) is 4.90 Å². The third-order valence-electron chi connectivity index (χ3n) is 6.91. The molecule has 0 saturated carbocycles. The van der Waals surface area contributed by atoms with Gasteiger partial charge in [-0.05, 0) is 35.7 Å². The zero-order chi connectivity index (χ0) is 24.4. The highest BCUT2D eigenvalue weighted by Gasteiger charge is 2.42. The zero-order valence-electron chi connectivity index (χ0n) is 19.6. The van der Waals surface area contributed by atoms with Crippen LogP contribution in [0.3, 0.4) is 0 Å². The van der Waals surface area contributed by atoms with E-state index in [0.29, 0.717) is 17.9 Å². The summed E-state index contributed by atoms with van der Waals surface area (Å²) in [6.45, 7) is 3.17. The first-order chi connectivity index (χ1) is 17.0. The molecule has 0 bridgehead atoms. The van der Waals surface area contributed by atoms with Gasteiger partial charge >= 0.3 is 0 Å². The maximum Gasteiger partial charge on any atom is 0.269 e. The van der Waals surface area contributed by atoms with Gasteiger partial charge < -0.3 is 15.0 Å². The van der Waals surface area contributed by atoms with Crippen molar-refractivity contribution < 1.29 is 14.5 Å². The van der Waals surface area contributed by atoms with Crippen LogP contribution >= 0.6 is 0 Å². The fourth-order valence-electron chi connectivity index (χ4n) is 5.20. The van der Waals surface area contributed by atoms with E-state index < -0.39 is 0 Å². The molecule has 35 heavy (non-hydrogen) atoms. The Kier molecular flexibility index (Phi) is 6.37. The maximum absolute atomic E-state index is 13.6. The van der Waals surface area contributed by atoms with Crippen molar-refractivity contribution in [2.45, 2.75) is 19.0 Å². The van der Waals surface area contributed by atoms with E-state index in [1.54, 1.807) is 25.3 Å². The summed E-state index contributed by atoms with van der Waals surface area (Å²) in [4.78, 5) is 29.3. The third-order valence-corrected chi connectivity index (χ3v) is 6.91. The minimum Gasteiger partial charge on any atom is -0.497 e. The number of anilines is 2. The molecule has 1 fully saturated rings. The van der Waals surface area contributed by atoms with Gasteiger partial charge in [0.05, 0.1) is 24.0 Å². The molecule has 1 amide bonds. The number of non-ortho nitro benzene ring substituents is 1. The van der Waals surface area contributed by atoms with E-state index >= 15 is 0 Å². The van der Waals surface area contributed by atoms with E-state index in [9.17, 15) is 14.9 Å². The summed E-state index contributed by atoms with van der Waals surface area (Å²) in [5.41, 5.74) is 3.80. The predicted octanol–water partition coefficient (Wildman–Crippen LogP) is 4.11. The molecule has 0 spiro atoms. The molecule has 0 radical (unpaired) electrons. The number of fused-ring (bicyclic) bond motifs is 3. The zero-order valence-corrected chi connectivity index (χ0v) is 19.6.